The van der Waals surface area contributed by atoms with Crippen molar-refractivity contribution in [1.82, 2.24) is 4.90 Å². The van der Waals surface area contributed by atoms with Crippen LogP contribution in [0.2, 0.25) is 0 Å². The van der Waals surface area contributed by atoms with Crippen LogP contribution in [0.4, 0.5) is 0 Å². The van der Waals surface area contributed by atoms with Crippen LogP contribution in [-0.4, -0.2) is 31.2 Å². The molecule has 4 heteroatoms. The molecule has 2 bridgehead atoms. The van der Waals surface area contributed by atoms with E-state index in [1.165, 1.54) is 6.42 Å². The van der Waals surface area contributed by atoms with Gasteiger partial charge in [-0.25, -0.2) is 0 Å². The summed E-state index contributed by atoms with van der Waals surface area (Å²) in [5.41, 5.74) is 0.890. The SMILES string of the molecule is COc1ccc(CN2CCC3CC2(C#N)C3)c(OC)c1. The van der Waals surface area contributed by atoms with Crippen molar-refractivity contribution in [3.8, 4) is 17.6 Å². The Morgan fingerprint density at radius 2 is 2.15 bits per heavy atom. The predicted molar refractivity (Wildman–Crippen MR) is 75.6 cm³/mol. The van der Waals surface area contributed by atoms with Crippen molar-refractivity contribution in [2.45, 2.75) is 31.3 Å². The van der Waals surface area contributed by atoms with Crippen LogP contribution in [0.1, 0.15) is 24.8 Å². The van der Waals surface area contributed by atoms with E-state index in [-0.39, 0.29) is 5.54 Å². The van der Waals surface area contributed by atoms with E-state index in [0.717, 1.165) is 48.9 Å². The van der Waals surface area contributed by atoms with Crippen molar-refractivity contribution in [3.05, 3.63) is 23.8 Å². The van der Waals surface area contributed by atoms with Crippen LogP contribution in [0, 0.1) is 17.2 Å². The summed E-state index contributed by atoms with van der Waals surface area (Å²) < 4.78 is 10.7. The number of fused-ring (bicyclic) bond motifs is 2. The lowest BCUT2D eigenvalue weighted by atomic mass is 9.63. The van der Waals surface area contributed by atoms with E-state index in [0.29, 0.717) is 0 Å². The lowest BCUT2D eigenvalue weighted by Crippen LogP contribution is -2.61. The van der Waals surface area contributed by atoms with Crippen molar-refractivity contribution < 1.29 is 9.47 Å². The Morgan fingerprint density at radius 3 is 2.80 bits per heavy atom. The van der Waals surface area contributed by atoms with E-state index < -0.39 is 0 Å². The first kappa shape index (κ1) is 13.3. The van der Waals surface area contributed by atoms with Gasteiger partial charge in [-0.3, -0.25) is 4.90 Å². The fraction of sp³-hybridized carbons (Fsp3) is 0.562. The molecule has 106 valence electrons. The largest absolute Gasteiger partial charge is 0.497 e. The third kappa shape index (κ3) is 2.03. The second-order valence-electron chi connectivity index (χ2n) is 5.81. The molecule has 2 aliphatic heterocycles. The summed E-state index contributed by atoms with van der Waals surface area (Å²) in [7, 11) is 3.33. The van der Waals surface area contributed by atoms with Crippen LogP contribution < -0.4 is 9.47 Å². The molecule has 3 aliphatic rings. The second kappa shape index (κ2) is 4.99. The Hall–Kier alpha value is -1.73. The zero-order valence-corrected chi connectivity index (χ0v) is 12.1. The summed E-state index contributed by atoms with van der Waals surface area (Å²) in [4.78, 5) is 2.32. The van der Waals surface area contributed by atoms with Gasteiger partial charge in [0.25, 0.3) is 0 Å². The maximum atomic E-state index is 9.50. The maximum Gasteiger partial charge on any atom is 0.127 e. The highest BCUT2D eigenvalue weighted by molar-refractivity contribution is 5.41. The van der Waals surface area contributed by atoms with E-state index in [1.54, 1.807) is 14.2 Å². The molecule has 0 spiro atoms. The first-order valence-electron chi connectivity index (χ1n) is 7.08. The van der Waals surface area contributed by atoms with E-state index in [2.05, 4.69) is 11.0 Å². The van der Waals surface area contributed by atoms with Crippen LogP contribution in [0.25, 0.3) is 0 Å². The van der Waals surface area contributed by atoms with Gasteiger partial charge in [-0.15, -0.1) is 0 Å². The van der Waals surface area contributed by atoms with Gasteiger partial charge in [-0.05, 0) is 31.2 Å². The number of nitriles is 1. The summed E-state index contributed by atoms with van der Waals surface area (Å²) in [6.45, 7) is 1.78. The standard InChI is InChI=1S/C16H20N2O2/c1-19-14-4-3-13(15(7-14)20-2)10-18-6-5-12-8-16(18,9-12)11-17/h3-4,7,12H,5-6,8-10H2,1-2H3. The molecule has 1 aromatic rings. The van der Waals surface area contributed by atoms with Gasteiger partial charge >= 0.3 is 0 Å². The van der Waals surface area contributed by atoms with Crippen molar-refractivity contribution in [1.29, 1.82) is 5.26 Å². The molecule has 1 aromatic carbocycles. The predicted octanol–water partition coefficient (Wildman–Crippen LogP) is 2.58. The Morgan fingerprint density at radius 1 is 1.35 bits per heavy atom. The monoisotopic (exact) mass is 272 g/mol. The normalized spacial score (nSPS) is 28.4. The molecule has 0 amide bonds. The second-order valence-corrected chi connectivity index (χ2v) is 5.81. The number of hydrogen-bond donors (Lipinski definition) is 0. The quantitative estimate of drug-likeness (QED) is 0.845. The Labute approximate surface area is 119 Å². The number of benzene rings is 1. The Balaban J connectivity index is 1.82. The molecule has 1 aliphatic carbocycles. The third-order valence-electron chi connectivity index (χ3n) is 4.73. The lowest BCUT2D eigenvalue weighted by Gasteiger charge is -2.55. The average Bonchev–Trinajstić information content (AvgIpc) is 2.47. The Kier molecular flexibility index (Phi) is 3.31. The van der Waals surface area contributed by atoms with E-state index >= 15 is 0 Å². The van der Waals surface area contributed by atoms with Gasteiger partial charge in [-0.2, -0.15) is 5.26 Å². The average molecular weight is 272 g/mol. The van der Waals surface area contributed by atoms with Gasteiger partial charge in [0.15, 0.2) is 0 Å². The molecular weight excluding hydrogens is 252 g/mol. The fourth-order valence-corrected chi connectivity index (χ4v) is 3.49. The first-order chi connectivity index (χ1) is 9.70. The minimum atomic E-state index is -0.228. The molecule has 0 N–H and O–H groups in total. The number of ether oxygens (including phenoxy) is 2. The molecule has 3 fully saturated rings. The zero-order valence-electron chi connectivity index (χ0n) is 12.1. The molecule has 4 rings (SSSR count). The number of rotatable bonds is 4. The summed E-state index contributed by atoms with van der Waals surface area (Å²) in [6.07, 6.45) is 3.27. The highest BCUT2D eigenvalue weighted by Crippen LogP contribution is 2.49. The highest BCUT2D eigenvalue weighted by Gasteiger charge is 2.52. The van der Waals surface area contributed by atoms with Crippen molar-refractivity contribution in [2.75, 3.05) is 20.8 Å². The minimum absolute atomic E-state index is 0.228. The summed E-state index contributed by atoms with van der Waals surface area (Å²) in [5, 5.41) is 9.50. The maximum absolute atomic E-state index is 9.50. The summed E-state index contributed by atoms with van der Waals surface area (Å²) >= 11 is 0. The van der Waals surface area contributed by atoms with Crippen molar-refractivity contribution in [2.24, 2.45) is 5.92 Å². The van der Waals surface area contributed by atoms with Gasteiger partial charge in [0.2, 0.25) is 0 Å². The smallest absolute Gasteiger partial charge is 0.127 e. The molecule has 2 heterocycles. The highest BCUT2D eigenvalue weighted by atomic mass is 16.5. The Bertz CT molecular complexity index is 544. The molecule has 0 unspecified atom stereocenters. The van der Waals surface area contributed by atoms with Gasteiger partial charge in [-0.1, -0.05) is 6.07 Å². The molecule has 0 aromatic heterocycles. The molecule has 4 nitrogen and oxygen atoms in total. The van der Waals surface area contributed by atoms with Crippen LogP contribution >= 0.6 is 0 Å². The molecule has 2 saturated heterocycles. The number of methoxy groups -OCH3 is 2. The van der Waals surface area contributed by atoms with E-state index in [4.69, 9.17) is 9.47 Å². The van der Waals surface area contributed by atoms with Crippen molar-refractivity contribution in [3.63, 3.8) is 0 Å². The molecular formula is C16H20N2O2. The van der Waals surface area contributed by atoms with Crippen LogP contribution in [0.15, 0.2) is 18.2 Å². The first-order valence-corrected chi connectivity index (χ1v) is 7.08. The number of piperidine rings is 2. The molecule has 20 heavy (non-hydrogen) atoms. The van der Waals surface area contributed by atoms with Gasteiger partial charge < -0.3 is 9.47 Å². The summed E-state index contributed by atoms with van der Waals surface area (Å²) in [5.74, 6) is 2.39. The van der Waals surface area contributed by atoms with Crippen molar-refractivity contribution >= 4 is 0 Å². The van der Waals surface area contributed by atoms with Gasteiger partial charge in [0.1, 0.15) is 17.0 Å². The van der Waals surface area contributed by atoms with E-state index in [1.807, 2.05) is 18.2 Å². The zero-order chi connectivity index (χ0) is 14.2. The van der Waals surface area contributed by atoms with Crippen LogP contribution in [0.5, 0.6) is 11.5 Å². The van der Waals surface area contributed by atoms with Crippen LogP contribution in [0.3, 0.4) is 0 Å². The molecule has 0 atom stereocenters. The third-order valence-corrected chi connectivity index (χ3v) is 4.73. The molecule has 0 radical (unpaired) electrons. The number of nitrogens with zero attached hydrogens (tertiary/aromatic N) is 2. The summed E-state index contributed by atoms with van der Waals surface area (Å²) in [6, 6.07) is 8.43. The topological polar surface area (TPSA) is 45.5 Å². The fourth-order valence-electron chi connectivity index (χ4n) is 3.49. The van der Waals surface area contributed by atoms with Gasteiger partial charge in [0.05, 0.1) is 20.3 Å². The van der Waals surface area contributed by atoms with Crippen LogP contribution in [-0.2, 0) is 6.54 Å². The lowest BCUT2D eigenvalue weighted by molar-refractivity contribution is -0.0434. The minimum Gasteiger partial charge on any atom is -0.497 e. The number of hydrogen-bond acceptors (Lipinski definition) is 4. The molecule has 1 saturated carbocycles. The van der Waals surface area contributed by atoms with Gasteiger partial charge in [0, 0.05) is 24.7 Å². The van der Waals surface area contributed by atoms with E-state index in [9.17, 15) is 5.26 Å².